The highest BCUT2D eigenvalue weighted by Gasteiger charge is 2.29. The third-order valence-electron chi connectivity index (χ3n) is 2.80. The SMILES string of the molecule is Cc1oc(-c2ccc(N)cn2)nc1C1CC1. The molecule has 4 heteroatoms. The third kappa shape index (κ3) is 1.56. The molecule has 0 saturated heterocycles. The molecule has 2 aromatic rings. The van der Waals surface area contributed by atoms with E-state index < -0.39 is 0 Å². The van der Waals surface area contributed by atoms with Gasteiger partial charge in [0.15, 0.2) is 0 Å². The van der Waals surface area contributed by atoms with Crippen LogP contribution in [0.4, 0.5) is 5.69 Å². The average Bonchev–Trinajstić information content (AvgIpc) is 3.04. The first-order chi connectivity index (χ1) is 7.74. The lowest BCUT2D eigenvalue weighted by Crippen LogP contribution is -1.88. The number of hydrogen-bond donors (Lipinski definition) is 1. The van der Waals surface area contributed by atoms with Gasteiger partial charge < -0.3 is 10.2 Å². The van der Waals surface area contributed by atoms with Gasteiger partial charge in [0.25, 0.3) is 0 Å². The standard InChI is InChI=1S/C12H13N3O/c1-7-11(8-2-3-8)15-12(16-7)10-5-4-9(13)6-14-10/h4-6,8H,2-3,13H2,1H3. The minimum Gasteiger partial charge on any atom is -0.440 e. The Balaban J connectivity index is 1.99. The van der Waals surface area contributed by atoms with Crippen molar-refractivity contribution in [1.82, 2.24) is 9.97 Å². The maximum absolute atomic E-state index is 5.63. The van der Waals surface area contributed by atoms with Crippen molar-refractivity contribution in [2.75, 3.05) is 5.73 Å². The van der Waals surface area contributed by atoms with E-state index in [9.17, 15) is 0 Å². The molecular formula is C12H13N3O. The lowest BCUT2D eigenvalue weighted by atomic mass is 10.2. The number of hydrogen-bond acceptors (Lipinski definition) is 4. The molecule has 16 heavy (non-hydrogen) atoms. The van der Waals surface area contributed by atoms with Gasteiger partial charge in [-0.05, 0) is 31.9 Å². The Kier molecular flexibility index (Phi) is 1.96. The molecule has 0 spiro atoms. The van der Waals surface area contributed by atoms with E-state index in [0.717, 1.165) is 17.1 Å². The summed E-state index contributed by atoms with van der Waals surface area (Å²) in [5.41, 5.74) is 8.06. The van der Waals surface area contributed by atoms with E-state index in [1.165, 1.54) is 12.8 Å². The lowest BCUT2D eigenvalue weighted by molar-refractivity contribution is 0.537. The molecule has 1 saturated carbocycles. The van der Waals surface area contributed by atoms with Crippen molar-refractivity contribution in [3.8, 4) is 11.6 Å². The van der Waals surface area contributed by atoms with E-state index in [0.29, 0.717) is 17.5 Å². The Labute approximate surface area is 93.5 Å². The maximum atomic E-state index is 5.63. The topological polar surface area (TPSA) is 64.9 Å². The van der Waals surface area contributed by atoms with E-state index in [1.807, 2.05) is 13.0 Å². The van der Waals surface area contributed by atoms with Crippen LogP contribution in [0.3, 0.4) is 0 Å². The van der Waals surface area contributed by atoms with Crippen LogP contribution in [0.1, 0.15) is 30.2 Å². The zero-order valence-electron chi connectivity index (χ0n) is 9.10. The molecule has 82 valence electrons. The summed E-state index contributed by atoms with van der Waals surface area (Å²) in [4.78, 5) is 8.70. The number of oxazole rings is 1. The van der Waals surface area contributed by atoms with Crippen LogP contribution in [0.15, 0.2) is 22.7 Å². The molecule has 3 rings (SSSR count). The van der Waals surface area contributed by atoms with Crippen LogP contribution < -0.4 is 5.73 Å². The van der Waals surface area contributed by atoms with E-state index in [2.05, 4.69) is 9.97 Å². The zero-order chi connectivity index (χ0) is 11.1. The van der Waals surface area contributed by atoms with Gasteiger partial charge >= 0.3 is 0 Å². The molecule has 2 N–H and O–H groups in total. The van der Waals surface area contributed by atoms with Gasteiger partial charge in [-0.15, -0.1) is 0 Å². The lowest BCUT2D eigenvalue weighted by Gasteiger charge is -1.94. The summed E-state index contributed by atoms with van der Waals surface area (Å²) in [6.45, 7) is 1.96. The van der Waals surface area contributed by atoms with Crippen molar-refractivity contribution in [2.45, 2.75) is 25.7 Å². The number of nitrogens with two attached hydrogens (primary N) is 1. The summed E-state index contributed by atoms with van der Waals surface area (Å²) in [6, 6.07) is 3.63. The summed E-state index contributed by atoms with van der Waals surface area (Å²) < 4.78 is 5.63. The van der Waals surface area contributed by atoms with Crippen LogP contribution in [-0.2, 0) is 0 Å². The van der Waals surface area contributed by atoms with Crippen molar-refractivity contribution in [3.63, 3.8) is 0 Å². The van der Waals surface area contributed by atoms with E-state index in [-0.39, 0.29) is 0 Å². The largest absolute Gasteiger partial charge is 0.440 e. The fourth-order valence-corrected chi connectivity index (χ4v) is 1.79. The van der Waals surface area contributed by atoms with E-state index >= 15 is 0 Å². The van der Waals surface area contributed by atoms with Crippen molar-refractivity contribution in [1.29, 1.82) is 0 Å². The fraction of sp³-hybridized carbons (Fsp3) is 0.333. The maximum Gasteiger partial charge on any atom is 0.245 e. The first kappa shape index (κ1) is 9.39. The number of pyridine rings is 1. The average molecular weight is 215 g/mol. The quantitative estimate of drug-likeness (QED) is 0.835. The number of anilines is 1. The van der Waals surface area contributed by atoms with E-state index in [4.69, 9.17) is 10.2 Å². The van der Waals surface area contributed by atoms with Crippen molar-refractivity contribution < 1.29 is 4.42 Å². The van der Waals surface area contributed by atoms with Crippen molar-refractivity contribution in [3.05, 3.63) is 29.8 Å². The number of rotatable bonds is 2. The molecule has 0 radical (unpaired) electrons. The molecule has 0 amide bonds. The zero-order valence-corrected chi connectivity index (χ0v) is 9.10. The van der Waals surface area contributed by atoms with Gasteiger partial charge in [0.05, 0.1) is 17.6 Å². The molecule has 2 heterocycles. The van der Waals surface area contributed by atoms with Crippen LogP contribution in [0.2, 0.25) is 0 Å². The molecule has 1 aliphatic rings. The molecule has 0 unspecified atom stereocenters. The fourth-order valence-electron chi connectivity index (χ4n) is 1.79. The van der Waals surface area contributed by atoms with Crippen LogP contribution in [0.5, 0.6) is 0 Å². The van der Waals surface area contributed by atoms with Gasteiger partial charge in [-0.3, -0.25) is 0 Å². The van der Waals surface area contributed by atoms with Gasteiger partial charge in [-0.1, -0.05) is 0 Å². The van der Waals surface area contributed by atoms with Gasteiger partial charge in [-0.25, -0.2) is 9.97 Å². The molecule has 1 fully saturated rings. The second-order valence-electron chi connectivity index (χ2n) is 4.21. The summed E-state index contributed by atoms with van der Waals surface area (Å²) in [7, 11) is 0. The second kappa shape index (κ2) is 3.33. The summed E-state index contributed by atoms with van der Waals surface area (Å²) in [6.07, 6.45) is 4.07. The number of nitrogen functional groups attached to an aromatic ring is 1. The minimum atomic E-state index is 0.597. The number of aromatic nitrogens is 2. The van der Waals surface area contributed by atoms with Gasteiger partial charge in [0.2, 0.25) is 5.89 Å². The summed E-state index contributed by atoms with van der Waals surface area (Å²) in [5.74, 6) is 2.11. The normalized spacial score (nSPS) is 15.3. The van der Waals surface area contributed by atoms with Gasteiger partial charge in [0.1, 0.15) is 11.5 Å². The predicted molar refractivity (Wildman–Crippen MR) is 60.9 cm³/mol. The molecule has 0 aliphatic heterocycles. The monoisotopic (exact) mass is 215 g/mol. The highest BCUT2D eigenvalue weighted by atomic mass is 16.4. The highest BCUT2D eigenvalue weighted by molar-refractivity contribution is 5.51. The Morgan fingerprint density at radius 2 is 2.19 bits per heavy atom. The molecule has 0 aromatic carbocycles. The smallest absolute Gasteiger partial charge is 0.245 e. The number of nitrogens with zero attached hydrogens (tertiary/aromatic N) is 2. The highest BCUT2D eigenvalue weighted by Crippen LogP contribution is 2.41. The van der Waals surface area contributed by atoms with Gasteiger partial charge in [0, 0.05) is 5.92 Å². The van der Waals surface area contributed by atoms with Crippen molar-refractivity contribution >= 4 is 5.69 Å². The van der Waals surface area contributed by atoms with Crippen LogP contribution in [-0.4, -0.2) is 9.97 Å². The minimum absolute atomic E-state index is 0.597. The van der Waals surface area contributed by atoms with E-state index in [1.54, 1.807) is 12.3 Å². The number of aryl methyl sites for hydroxylation is 1. The predicted octanol–water partition coefficient (Wildman–Crippen LogP) is 2.50. The molecule has 2 aromatic heterocycles. The Morgan fingerprint density at radius 1 is 1.38 bits per heavy atom. The molecule has 4 nitrogen and oxygen atoms in total. The summed E-state index contributed by atoms with van der Waals surface area (Å²) in [5, 5.41) is 0. The van der Waals surface area contributed by atoms with Crippen molar-refractivity contribution in [2.24, 2.45) is 0 Å². The van der Waals surface area contributed by atoms with Crippen LogP contribution >= 0.6 is 0 Å². The second-order valence-corrected chi connectivity index (χ2v) is 4.21. The Hall–Kier alpha value is -1.84. The molecular weight excluding hydrogens is 202 g/mol. The molecule has 0 atom stereocenters. The van der Waals surface area contributed by atoms with Crippen LogP contribution in [0.25, 0.3) is 11.6 Å². The van der Waals surface area contributed by atoms with Gasteiger partial charge in [-0.2, -0.15) is 0 Å². The molecule has 1 aliphatic carbocycles. The first-order valence-corrected chi connectivity index (χ1v) is 5.43. The van der Waals surface area contributed by atoms with Crippen LogP contribution in [0, 0.1) is 6.92 Å². The third-order valence-corrected chi connectivity index (χ3v) is 2.80. The Bertz CT molecular complexity index is 512. The Morgan fingerprint density at radius 3 is 2.81 bits per heavy atom. The first-order valence-electron chi connectivity index (χ1n) is 5.43. The summed E-state index contributed by atoms with van der Waals surface area (Å²) >= 11 is 0. The molecule has 0 bridgehead atoms.